The molecule has 0 aromatic heterocycles. The van der Waals surface area contributed by atoms with Gasteiger partial charge in [0.15, 0.2) is 0 Å². The number of nitrogens with two attached hydrogens (primary N) is 1. The van der Waals surface area contributed by atoms with Crippen molar-refractivity contribution in [2.45, 2.75) is 40.5 Å². The fraction of sp³-hybridized carbons (Fsp3) is 0.900. The molecule has 0 saturated heterocycles. The summed E-state index contributed by atoms with van der Waals surface area (Å²) < 4.78 is 0. The van der Waals surface area contributed by atoms with Crippen LogP contribution in [0.5, 0.6) is 0 Å². The molecule has 0 heterocycles. The first-order chi connectivity index (χ1) is 5.49. The van der Waals surface area contributed by atoms with Gasteiger partial charge in [-0.05, 0) is 17.8 Å². The van der Waals surface area contributed by atoms with E-state index in [2.05, 4.69) is 27.7 Å². The van der Waals surface area contributed by atoms with Gasteiger partial charge < -0.3 is 5.73 Å². The summed E-state index contributed by atoms with van der Waals surface area (Å²) in [6.45, 7) is 8.70. The SMILES string of the molecule is CCC(C)C(C)[C@H](C)CC(N)=O. The Morgan fingerprint density at radius 2 is 1.75 bits per heavy atom. The predicted octanol–water partition coefficient (Wildman–Crippen LogP) is 2.18. The molecule has 12 heavy (non-hydrogen) atoms. The third-order valence-corrected chi connectivity index (χ3v) is 2.96. The van der Waals surface area contributed by atoms with Gasteiger partial charge in [0.05, 0.1) is 0 Å². The molecule has 0 radical (unpaired) electrons. The van der Waals surface area contributed by atoms with E-state index in [1.807, 2.05) is 0 Å². The van der Waals surface area contributed by atoms with E-state index in [9.17, 15) is 4.79 Å². The van der Waals surface area contributed by atoms with Crippen molar-refractivity contribution in [3.8, 4) is 0 Å². The second-order valence-corrected chi connectivity index (χ2v) is 3.89. The van der Waals surface area contributed by atoms with Gasteiger partial charge in [0, 0.05) is 6.42 Å². The second kappa shape index (κ2) is 5.18. The zero-order chi connectivity index (χ0) is 9.72. The number of hydrogen-bond acceptors (Lipinski definition) is 1. The maximum atomic E-state index is 10.6. The molecule has 2 unspecified atom stereocenters. The Kier molecular flexibility index (Phi) is 4.95. The Bertz CT molecular complexity index is 145. The molecule has 0 bridgehead atoms. The lowest BCUT2D eigenvalue weighted by Crippen LogP contribution is -2.22. The minimum absolute atomic E-state index is 0.183. The van der Waals surface area contributed by atoms with Gasteiger partial charge in [-0.15, -0.1) is 0 Å². The summed E-state index contributed by atoms with van der Waals surface area (Å²) >= 11 is 0. The monoisotopic (exact) mass is 171 g/mol. The lowest BCUT2D eigenvalue weighted by Gasteiger charge is -2.24. The molecule has 2 heteroatoms. The van der Waals surface area contributed by atoms with Gasteiger partial charge in [-0.2, -0.15) is 0 Å². The molecular formula is C10H21NO. The minimum Gasteiger partial charge on any atom is -0.370 e. The number of carbonyl (C=O) groups is 1. The van der Waals surface area contributed by atoms with E-state index in [1.165, 1.54) is 6.42 Å². The number of carbonyl (C=O) groups excluding carboxylic acids is 1. The summed E-state index contributed by atoms with van der Waals surface area (Å²) in [7, 11) is 0. The van der Waals surface area contributed by atoms with Gasteiger partial charge in [-0.3, -0.25) is 4.79 Å². The van der Waals surface area contributed by atoms with Gasteiger partial charge in [0.2, 0.25) is 5.91 Å². The van der Waals surface area contributed by atoms with Gasteiger partial charge in [-0.25, -0.2) is 0 Å². The van der Waals surface area contributed by atoms with Crippen LogP contribution in [0.25, 0.3) is 0 Å². The number of primary amides is 1. The van der Waals surface area contributed by atoms with Crippen molar-refractivity contribution in [3.05, 3.63) is 0 Å². The van der Waals surface area contributed by atoms with Gasteiger partial charge in [-0.1, -0.05) is 34.1 Å². The number of hydrogen-bond donors (Lipinski definition) is 1. The molecule has 0 aromatic rings. The fourth-order valence-corrected chi connectivity index (χ4v) is 1.44. The van der Waals surface area contributed by atoms with E-state index in [1.54, 1.807) is 0 Å². The van der Waals surface area contributed by atoms with Gasteiger partial charge in [0.1, 0.15) is 0 Å². The van der Waals surface area contributed by atoms with Crippen molar-refractivity contribution in [1.29, 1.82) is 0 Å². The van der Waals surface area contributed by atoms with Crippen LogP contribution in [0.15, 0.2) is 0 Å². The Balaban J connectivity index is 3.91. The maximum absolute atomic E-state index is 10.6. The number of amides is 1. The van der Waals surface area contributed by atoms with Crippen molar-refractivity contribution in [2.75, 3.05) is 0 Å². The van der Waals surface area contributed by atoms with Crippen LogP contribution in [0.3, 0.4) is 0 Å². The standard InChI is InChI=1S/C10H21NO/c1-5-7(2)9(4)8(3)6-10(11)12/h7-9H,5-6H2,1-4H3,(H2,11,12)/t7?,8-,9?/m1/s1. The van der Waals surface area contributed by atoms with E-state index in [0.29, 0.717) is 24.2 Å². The molecule has 3 atom stereocenters. The first-order valence-electron chi connectivity index (χ1n) is 4.77. The van der Waals surface area contributed by atoms with Crippen molar-refractivity contribution >= 4 is 5.91 Å². The Morgan fingerprint density at radius 3 is 2.08 bits per heavy atom. The smallest absolute Gasteiger partial charge is 0.217 e. The zero-order valence-corrected chi connectivity index (χ0v) is 8.63. The summed E-state index contributed by atoms with van der Waals surface area (Å²) in [4.78, 5) is 10.6. The third-order valence-electron chi connectivity index (χ3n) is 2.96. The molecule has 0 spiro atoms. The average molecular weight is 171 g/mol. The largest absolute Gasteiger partial charge is 0.370 e. The van der Waals surface area contributed by atoms with Crippen LogP contribution < -0.4 is 5.73 Å². The second-order valence-electron chi connectivity index (χ2n) is 3.89. The first kappa shape index (κ1) is 11.5. The summed E-state index contributed by atoms with van der Waals surface area (Å²) in [6, 6.07) is 0. The lowest BCUT2D eigenvalue weighted by atomic mass is 9.82. The Morgan fingerprint density at radius 1 is 1.25 bits per heavy atom. The molecule has 2 N–H and O–H groups in total. The van der Waals surface area contributed by atoms with E-state index >= 15 is 0 Å². The van der Waals surface area contributed by atoms with E-state index in [4.69, 9.17) is 5.73 Å². The van der Waals surface area contributed by atoms with Crippen LogP contribution in [0.4, 0.5) is 0 Å². The summed E-state index contributed by atoms with van der Waals surface area (Å²) in [5.74, 6) is 1.50. The maximum Gasteiger partial charge on any atom is 0.217 e. The minimum atomic E-state index is -0.183. The molecule has 0 saturated carbocycles. The first-order valence-corrected chi connectivity index (χ1v) is 4.77. The quantitative estimate of drug-likeness (QED) is 0.677. The molecule has 0 rings (SSSR count). The van der Waals surface area contributed by atoms with E-state index in [-0.39, 0.29) is 5.91 Å². The zero-order valence-electron chi connectivity index (χ0n) is 8.63. The highest BCUT2D eigenvalue weighted by molar-refractivity contribution is 5.73. The molecule has 0 aliphatic rings. The predicted molar refractivity (Wildman–Crippen MR) is 51.6 cm³/mol. The summed E-state index contributed by atoms with van der Waals surface area (Å²) in [5.41, 5.74) is 5.13. The van der Waals surface area contributed by atoms with Crippen molar-refractivity contribution < 1.29 is 4.79 Å². The number of rotatable bonds is 5. The van der Waals surface area contributed by atoms with E-state index in [0.717, 1.165) is 0 Å². The lowest BCUT2D eigenvalue weighted by molar-refractivity contribution is -0.119. The van der Waals surface area contributed by atoms with Crippen LogP contribution in [0.2, 0.25) is 0 Å². The molecule has 2 nitrogen and oxygen atoms in total. The molecule has 72 valence electrons. The summed E-state index contributed by atoms with van der Waals surface area (Å²) in [6.07, 6.45) is 1.69. The molecule has 0 aliphatic carbocycles. The highest BCUT2D eigenvalue weighted by atomic mass is 16.1. The van der Waals surface area contributed by atoms with Crippen LogP contribution >= 0.6 is 0 Å². The molecule has 0 aliphatic heterocycles. The third kappa shape index (κ3) is 3.74. The van der Waals surface area contributed by atoms with Gasteiger partial charge in [0.25, 0.3) is 0 Å². The highest BCUT2D eigenvalue weighted by Crippen LogP contribution is 2.24. The molecule has 1 amide bonds. The van der Waals surface area contributed by atoms with Crippen LogP contribution in [0.1, 0.15) is 40.5 Å². The van der Waals surface area contributed by atoms with Gasteiger partial charge >= 0.3 is 0 Å². The fourth-order valence-electron chi connectivity index (χ4n) is 1.44. The summed E-state index contributed by atoms with van der Waals surface area (Å²) in [5, 5.41) is 0. The van der Waals surface area contributed by atoms with Crippen LogP contribution in [0, 0.1) is 17.8 Å². The average Bonchev–Trinajstić information content (AvgIpc) is 2.00. The normalized spacial score (nSPS) is 18.3. The van der Waals surface area contributed by atoms with Crippen molar-refractivity contribution in [3.63, 3.8) is 0 Å². The molecular weight excluding hydrogens is 150 g/mol. The molecule has 0 fully saturated rings. The highest BCUT2D eigenvalue weighted by Gasteiger charge is 2.18. The van der Waals surface area contributed by atoms with E-state index < -0.39 is 0 Å². The van der Waals surface area contributed by atoms with Crippen molar-refractivity contribution in [2.24, 2.45) is 23.5 Å². The molecule has 0 aromatic carbocycles. The van der Waals surface area contributed by atoms with Crippen molar-refractivity contribution in [1.82, 2.24) is 0 Å². The Hall–Kier alpha value is -0.530. The van der Waals surface area contributed by atoms with Crippen LogP contribution in [-0.2, 0) is 4.79 Å². The Labute approximate surface area is 75.5 Å². The topological polar surface area (TPSA) is 43.1 Å². The van der Waals surface area contributed by atoms with Crippen LogP contribution in [-0.4, -0.2) is 5.91 Å².